The number of amides is 2. The highest BCUT2D eigenvalue weighted by Gasteiger charge is 2.38. The van der Waals surface area contributed by atoms with Gasteiger partial charge in [-0.25, -0.2) is 9.59 Å². The maximum Gasteiger partial charge on any atom is 0.326 e. The lowest BCUT2D eigenvalue weighted by Gasteiger charge is -2.36. The highest BCUT2D eigenvalue weighted by atomic mass is 16.4. The average Bonchev–Trinajstić information content (AvgIpc) is 2.57. The number of nitrogens with zero attached hydrogens (tertiary/aromatic N) is 2. The topological polar surface area (TPSA) is 60.9 Å². The minimum absolute atomic E-state index is 0.165. The van der Waals surface area contributed by atoms with Crippen molar-refractivity contribution in [2.24, 2.45) is 0 Å². The molecular formula is C12H22N2O3. The molecule has 1 atom stereocenters. The van der Waals surface area contributed by atoms with Crippen molar-refractivity contribution in [2.75, 3.05) is 13.6 Å². The third-order valence-electron chi connectivity index (χ3n) is 3.57. The number of likely N-dealkylation sites (N-methyl/N-ethyl adjacent to an activating group) is 1. The van der Waals surface area contributed by atoms with E-state index in [1.54, 1.807) is 18.9 Å². The summed E-state index contributed by atoms with van der Waals surface area (Å²) >= 11 is 0. The molecule has 1 aliphatic rings. The first-order valence-corrected chi connectivity index (χ1v) is 6.08. The van der Waals surface area contributed by atoms with Gasteiger partial charge in [0.05, 0.1) is 0 Å². The predicted octanol–water partition coefficient (Wildman–Crippen LogP) is 1.78. The van der Waals surface area contributed by atoms with Crippen molar-refractivity contribution in [3.05, 3.63) is 0 Å². The van der Waals surface area contributed by atoms with Crippen molar-refractivity contribution in [3.8, 4) is 0 Å². The van der Waals surface area contributed by atoms with Crippen LogP contribution < -0.4 is 0 Å². The Morgan fingerprint density at radius 3 is 2.41 bits per heavy atom. The number of urea groups is 1. The summed E-state index contributed by atoms with van der Waals surface area (Å²) < 4.78 is 0. The Hall–Kier alpha value is -1.26. The van der Waals surface area contributed by atoms with Crippen molar-refractivity contribution in [2.45, 2.75) is 51.6 Å². The first kappa shape index (κ1) is 13.8. The highest BCUT2D eigenvalue weighted by molar-refractivity contribution is 5.83. The zero-order chi connectivity index (χ0) is 13.2. The van der Waals surface area contributed by atoms with Gasteiger partial charge in [0.2, 0.25) is 0 Å². The number of rotatable bonds is 3. The van der Waals surface area contributed by atoms with E-state index >= 15 is 0 Å². The number of hydrogen-bond donors (Lipinski definition) is 1. The molecule has 1 unspecified atom stereocenters. The highest BCUT2D eigenvalue weighted by Crippen LogP contribution is 2.29. The van der Waals surface area contributed by atoms with E-state index < -0.39 is 12.0 Å². The molecule has 0 radical (unpaired) electrons. The van der Waals surface area contributed by atoms with Crippen LogP contribution in [0.2, 0.25) is 0 Å². The van der Waals surface area contributed by atoms with Crippen LogP contribution in [0.3, 0.4) is 0 Å². The molecule has 0 spiro atoms. The van der Waals surface area contributed by atoms with Gasteiger partial charge in [-0.15, -0.1) is 0 Å². The molecule has 1 saturated heterocycles. The lowest BCUT2D eigenvalue weighted by molar-refractivity contribution is -0.142. The Balaban J connectivity index is 2.79. The molecule has 2 amide bonds. The Morgan fingerprint density at radius 1 is 1.47 bits per heavy atom. The van der Waals surface area contributed by atoms with Crippen LogP contribution >= 0.6 is 0 Å². The summed E-state index contributed by atoms with van der Waals surface area (Å²) in [6.07, 6.45) is 2.37. The summed E-state index contributed by atoms with van der Waals surface area (Å²) in [7, 11) is 1.57. The van der Waals surface area contributed by atoms with Crippen LogP contribution in [0.5, 0.6) is 0 Å². The number of hydrogen-bond acceptors (Lipinski definition) is 2. The number of carboxylic acid groups (broad SMARTS) is 1. The number of carboxylic acids is 1. The second-order valence-electron chi connectivity index (χ2n) is 5.22. The Labute approximate surface area is 102 Å². The van der Waals surface area contributed by atoms with Gasteiger partial charge in [0.25, 0.3) is 0 Å². The van der Waals surface area contributed by atoms with Gasteiger partial charge in [0, 0.05) is 19.1 Å². The molecule has 5 nitrogen and oxygen atoms in total. The second-order valence-corrected chi connectivity index (χ2v) is 5.22. The van der Waals surface area contributed by atoms with Crippen LogP contribution in [-0.2, 0) is 4.79 Å². The summed E-state index contributed by atoms with van der Waals surface area (Å²) in [5.74, 6) is -0.944. The fourth-order valence-corrected chi connectivity index (χ4v) is 2.40. The summed E-state index contributed by atoms with van der Waals surface area (Å²) in [5.41, 5.74) is -0.165. The predicted molar refractivity (Wildman–Crippen MR) is 64.9 cm³/mol. The summed E-state index contributed by atoms with van der Waals surface area (Å²) in [6.45, 7) is 6.53. The largest absolute Gasteiger partial charge is 0.480 e. The van der Waals surface area contributed by atoms with Gasteiger partial charge in [-0.1, -0.05) is 6.92 Å². The van der Waals surface area contributed by atoms with Crippen LogP contribution in [-0.4, -0.2) is 52.1 Å². The van der Waals surface area contributed by atoms with Gasteiger partial charge in [-0.05, 0) is 33.1 Å². The molecule has 98 valence electrons. The Kier molecular flexibility index (Phi) is 4.01. The van der Waals surface area contributed by atoms with E-state index in [2.05, 4.69) is 0 Å². The van der Waals surface area contributed by atoms with Crippen LogP contribution in [0.15, 0.2) is 0 Å². The summed E-state index contributed by atoms with van der Waals surface area (Å²) in [6, 6.07) is -0.916. The van der Waals surface area contributed by atoms with Crippen LogP contribution in [0.25, 0.3) is 0 Å². The normalized spacial score (nSPS) is 20.1. The molecule has 17 heavy (non-hydrogen) atoms. The fraction of sp³-hybridized carbons (Fsp3) is 0.833. The van der Waals surface area contributed by atoms with E-state index in [4.69, 9.17) is 5.11 Å². The molecular weight excluding hydrogens is 220 g/mol. The first-order chi connectivity index (χ1) is 7.81. The first-order valence-electron chi connectivity index (χ1n) is 6.08. The van der Waals surface area contributed by atoms with Gasteiger partial charge in [-0.3, -0.25) is 0 Å². The fourth-order valence-electron chi connectivity index (χ4n) is 2.40. The molecule has 1 heterocycles. The Bertz CT molecular complexity index is 315. The van der Waals surface area contributed by atoms with Crippen LogP contribution in [0.4, 0.5) is 4.79 Å². The molecule has 1 aliphatic heterocycles. The maximum absolute atomic E-state index is 12.3. The SMILES string of the molecule is CCC(C(=O)O)N(C)C(=O)N1CCCC1(C)C. The molecule has 1 N–H and O–H groups in total. The zero-order valence-corrected chi connectivity index (χ0v) is 11.1. The van der Waals surface area contributed by atoms with Gasteiger partial charge >= 0.3 is 12.0 Å². The van der Waals surface area contributed by atoms with Crippen LogP contribution in [0, 0.1) is 0 Å². The van der Waals surface area contributed by atoms with Crippen molar-refractivity contribution in [1.29, 1.82) is 0 Å². The molecule has 0 saturated carbocycles. The maximum atomic E-state index is 12.3. The lowest BCUT2D eigenvalue weighted by Crippen LogP contribution is -2.53. The van der Waals surface area contributed by atoms with E-state index in [1.807, 2.05) is 13.8 Å². The zero-order valence-electron chi connectivity index (χ0n) is 11.1. The second kappa shape index (κ2) is 4.94. The monoisotopic (exact) mass is 242 g/mol. The molecule has 0 bridgehead atoms. The van der Waals surface area contributed by atoms with Crippen molar-refractivity contribution >= 4 is 12.0 Å². The molecule has 0 aromatic rings. The van der Waals surface area contributed by atoms with E-state index in [0.717, 1.165) is 12.8 Å². The molecule has 0 aromatic carbocycles. The number of aliphatic carboxylic acids is 1. The molecule has 1 rings (SSSR count). The van der Waals surface area contributed by atoms with E-state index in [1.165, 1.54) is 4.90 Å². The van der Waals surface area contributed by atoms with Gasteiger partial charge in [-0.2, -0.15) is 0 Å². The number of likely N-dealkylation sites (tertiary alicyclic amines) is 1. The third-order valence-corrected chi connectivity index (χ3v) is 3.57. The molecule has 1 fully saturated rings. The van der Waals surface area contributed by atoms with Crippen molar-refractivity contribution in [1.82, 2.24) is 9.80 Å². The van der Waals surface area contributed by atoms with Gasteiger partial charge in [0.15, 0.2) is 0 Å². The van der Waals surface area contributed by atoms with E-state index in [0.29, 0.717) is 13.0 Å². The molecule has 0 aliphatic carbocycles. The van der Waals surface area contributed by atoms with Crippen LogP contribution in [0.1, 0.15) is 40.0 Å². The van der Waals surface area contributed by atoms with Gasteiger partial charge in [0.1, 0.15) is 6.04 Å². The minimum atomic E-state index is -0.944. The van der Waals surface area contributed by atoms with E-state index in [9.17, 15) is 9.59 Å². The Morgan fingerprint density at radius 2 is 2.06 bits per heavy atom. The lowest BCUT2D eigenvalue weighted by atomic mass is 10.0. The standard InChI is InChI=1S/C12H22N2O3/c1-5-9(10(15)16)13(4)11(17)14-8-6-7-12(14,2)3/h9H,5-8H2,1-4H3,(H,15,16). The number of carbonyl (C=O) groups is 2. The number of carbonyl (C=O) groups excluding carboxylic acids is 1. The quantitative estimate of drug-likeness (QED) is 0.820. The molecule has 0 aromatic heterocycles. The van der Waals surface area contributed by atoms with E-state index in [-0.39, 0.29) is 11.6 Å². The van der Waals surface area contributed by atoms with Gasteiger partial charge < -0.3 is 14.9 Å². The third kappa shape index (κ3) is 2.70. The summed E-state index contributed by atoms with van der Waals surface area (Å²) in [4.78, 5) is 26.4. The smallest absolute Gasteiger partial charge is 0.326 e. The average molecular weight is 242 g/mol. The summed E-state index contributed by atoms with van der Waals surface area (Å²) in [5, 5.41) is 9.05. The van der Waals surface area contributed by atoms with Crippen molar-refractivity contribution in [3.63, 3.8) is 0 Å². The van der Waals surface area contributed by atoms with Crippen molar-refractivity contribution < 1.29 is 14.7 Å². The molecule has 5 heteroatoms. The minimum Gasteiger partial charge on any atom is -0.480 e.